The minimum absolute atomic E-state index is 0.226. The second kappa shape index (κ2) is 4.42. The fraction of sp³-hybridized carbons (Fsp3) is 0.700. The number of aromatic nitrogens is 2. The average molecular weight is 182 g/mol. The van der Waals surface area contributed by atoms with Gasteiger partial charge in [-0.05, 0) is 39.7 Å². The van der Waals surface area contributed by atoms with Gasteiger partial charge in [0, 0.05) is 17.9 Å². The number of nitrogens with zero attached hydrogens (tertiary/aromatic N) is 2. The van der Waals surface area contributed by atoms with Crippen LogP contribution >= 0.6 is 0 Å². The first-order valence-electron chi connectivity index (χ1n) is 4.81. The van der Waals surface area contributed by atoms with Crippen LogP contribution in [0.5, 0.6) is 0 Å². The van der Waals surface area contributed by atoms with Crippen LogP contribution in [0.25, 0.3) is 0 Å². The van der Waals surface area contributed by atoms with Gasteiger partial charge in [0.1, 0.15) is 0 Å². The second-order valence-corrected chi connectivity index (χ2v) is 3.75. The Labute approximate surface area is 79.4 Å². The minimum Gasteiger partial charge on any atom is -0.393 e. The maximum absolute atomic E-state index is 9.15. The minimum atomic E-state index is -0.226. The molecule has 3 nitrogen and oxygen atoms in total. The third kappa shape index (κ3) is 2.84. The third-order valence-electron chi connectivity index (χ3n) is 2.06. The molecule has 0 aromatic carbocycles. The summed E-state index contributed by atoms with van der Waals surface area (Å²) in [5.74, 6) is 0. The zero-order valence-corrected chi connectivity index (χ0v) is 8.57. The maximum atomic E-state index is 9.15. The Bertz CT molecular complexity index is 253. The van der Waals surface area contributed by atoms with Crippen molar-refractivity contribution in [2.75, 3.05) is 0 Å². The van der Waals surface area contributed by atoms with Crippen molar-refractivity contribution in [2.24, 2.45) is 0 Å². The molecule has 13 heavy (non-hydrogen) atoms. The Morgan fingerprint density at radius 3 is 2.69 bits per heavy atom. The molecule has 0 saturated heterocycles. The molecule has 1 rings (SSSR count). The van der Waals surface area contributed by atoms with Crippen molar-refractivity contribution in [1.82, 2.24) is 9.78 Å². The molecule has 1 aromatic heterocycles. The summed E-state index contributed by atoms with van der Waals surface area (Å²) < 4.78 is 2.00. The smallest absolute Gasteiger partial charge is 0.0515 e. The van der Waals surface area contributed by atoms with E-state index >= 15 is 0 Å². The molecule has 1 atom stereocenters. The van der Waals surface area contributed by atoms with Gasteiger partial charge in [-0.25, -0.2) is 0 Å². The first kappa shape index (κ1) is 10.3. The van der Waals surface area contributed by atoms with Gasteiger partial charge in [-0.3, -0.25) is 4.68 Å². The summed E-state index contributed by atoms with van der Waals surface area (Å²) in [5.41, 5.74) is 1.20. The van der Waals surface area contributed by atoms with E-state index < -0.39 is 0 Å². The van der Waals surface area contributed by atoms with E-state index in [4.69, 9.17) is 5.11 Å². The second-order valence-electron chi connectivity index (χ2n) is 3.75. The topological polar surface area (TPSA) is 38.1 Å². The van der Waals surface area contributed by atoms with Crippen LogP contribution in [0.2, 0.25) is 0 Å². The van der Waals surface area contributed by atoms with Gasteiger partial charge < -0.3 is 5.11 Å². The molecule has 1 aromatic rings. The lowest BCUT2D eigenvalue weighted by atomic mass is 10.1. The summed E-state index contributed by atoms with van der Waals surface area (Å²) in [6.45, 7) is 6.04. The lowest BCUT2D eigenvalue weighted by Crippen LogP contribution is -2.09. The zero-order valence-electron chi connectivity index (χ0n) is 8.57. The molecule has 0 fully saturated rings. The average Bonchev–Trinajstić information content (AvgIpc) is 2.47. The number of hydrogen-bond acceptors (Lipinski definition) is 2. The molecule has 3 heteroatoms. The first-order valence-corrected chi connectivity index (χ1v) is 4.81. The van der Waals surface area contributed by atoms with Crippen LogP contribution in [-0.2, 0) is 6.42 Å². The summed E-state index contributed by atoms with van der Waals surface area (Å²) >= 11 is 0. The van der Waals surface area contributed by atoms with Crippen molar-refractivity contribution in [3.63, 3.8) is 0 Å². The summed E-state index contributed by atoms with van der Waals surface area (Å²) in [4.78, 5) is 0. The predicted molar refractivity (Wildman–Crippen MR) is 52.6 cm³/mol. The van der Waals surface area contributed by atoms with Crippen LogP contribution in [0.15, 0.2) is 12.3 Å². The van der Waals surface area contributed by atoms with Crippen LogP contribution in [0.4, 0.5) is 0 Å². The summed E-state index contributed by atoms with van der Waals surface area (Å²) in [6.07, 6.45) is 3.29. The number of rotatable bonds is 4. The summed E-state index contributed by atoms with van der Waals surface area (Å²) in [5, 5.41) is 13.4. The van der Waals surface area contributed by atoms with E-state index in [2.05, 4.69) is 18.9 Å². The fourth-order valence-corrected chi connectivity index (χ4v) is 1.36. The van der Waals surface area contributed by atoms with Crippen molar-refractivity contribution in [2.45, 2.75) is 45.8 Å². The van der Waals surface area contributed by atoms with Crippen LogP contribution in [-0.4, -0.2) is 21.0 Å². The van der Waals surface area contributed by atoms with Gasteiger partial charge >= 0.3 is 0 Å². The molecule has 1 N–H and O–H groups in total. The van der Waals surface area contributed by atoms with Gasteiger partial charge in [-0.15, -0.1) is 0 Å². The Hall–Kier alpha value is -0.830. The molecular formula is C10H18N2O. The molecule has 0 radical (unpaired) electrons. The highest BCUT2D eigenvalue weighted by atomic mass is 16.3. The van der Waals surface area contributed by atoms with Crippen LogP contribution in [0.3, 0.4) is 0 Å². The third-order valence-corrected chi connectivity index (χ3v) is 2.06. The SMILES string of the molecule is CC(O)CCc1ccnn1C(C)C. The molecular weight excluding hydrogens is 164 g/mol. The predicted octanol–water partition coefficient (Wildman–Crippen LogP) is 1.78. The molecule has 0 saturated carbocycles. The maximum Gasteiger partial charge on any atom is 0.0515 e. The highest BCUT2D eigenvalue weighted by Gasteiger charge is 2.06. The van der Waals surface area contributed by atoms with Crippen LogP contribution in [0, 0.1) is 0 Å². The van der Waals surface area contributed by atoms with E-state index in [0.29, 0.717) is 6.04 Å². The monoisotopic (exact) mass is 182 g/mol. The molecule has 74 valence electrons. The van der Waals surface area contributed by atoms with Gasteiger partial charge in [0.2, 0.25) is 0 Å². The van der Waals surface area contributed by atoms with Gasteiger partial charge in [0.15, 0.2) is 0 Å². The van der Waals surface area contributed by atoms with E-state index in [-0.39, 0.29) is 6.10 Å². The lowest BCUT2D eigenvalue weighted by molar-refractivity contribution is 0.184. The van der Waals surface area contributed by atoms with E-state index in [1.807, 2.05) is 23.9 Å². The quantitative estimate of drug-likeness (QED) is 0.770. The Balaban J connectivity index is 2.60. The molecule has 0 aliphatic heterocycles. The normalized spacial score (nSPS) is 13.6. The van der Waals surface area contributed by atoms with E-state index in [9.17, 15) is 0 Å². The van der Waals surface area contributed by atoms with Crippen molar-refractivity contribution in [1.29, 1.82) is 0 Å². The number of aliphatic hydroxyl groups is 1. The van der Waals surface area contributed by atoms with E-state index in [1.165, 1.54) is 5.69 Å². The Morgan fingerprint density at radius 2 is 2.15 bits per heavy atom. The van der Waals surface area contributed by atoms with Gasteiger partial charge in [0.05, 0.1) is 6.10 Å². The lowest BCUT2D eigenvalue weighted by Gasteiger charge is -2.11. The number of hydrogen-bond donors (Lipinski definition) is 1. The largest absolute Gasteiger partial charge is 0.393 e. The van der Waals surface area contributed by atoms with E-state index in [1.54, 1.807) is 0 Å². The van der Waals surface area contributed by atoms with Gasteiger partial charge in [-0.2, -0.15) is 5.10 Å². The fourth-order valence-electron chi connectivity index (χ4n) is 1.36. The molecule has 1 heterocycles. The summed E-state index contributed by atoms with van der Waals surface area (Å²) in [6, 6.07) is 2.42. The van der Waals surface area contributed by atoms with Crippen molar-refractivity contribution in [3.8, 4) is 0 Å². The van der Waals surface area contributed by atoms with Crippen LogP contribution < -0.4 is 0 Å². The Morgan fingerprint density at radius 1 is 1.46 bits per heavy atom. The van der Waals surface area contributed by atoms with E-state index in [0.717, 1.165) is 12.8 Å². The summed E-state index contributed by atoms with van der Waals surface area (Å²) in [7, 11) is 0. The van der Waals surface area contributed by atoms with Gasteiger partial charge in [-0.1, -0.05) is 0 Å². The molecule has 0 spiro atoms. The number of aryl methyl sites for hydroxylation is 1. The molecule has 0 aliphatic rings. The first-order chi connectivity index (χ1) is 6.11. The Kier molecular flexibility index (Phi) is 3.48. The highest BCUT2D eigenvalue weighted by molar-refractivity contribution is 5.01. The highest BCUT2D eigenvalue weighted by Crippen LogP contribution is 2.10. The van der Waals surface area contributed by atoms with Crippen molar-refractivity contribution >= 4 is 0 Å². The van der Waals surface area contributed by atoms with Crippen molar-refractivity contribution in [3.05, 3.63) is 18.0 Å². The van der Waals surface area contributed by atoms with Crippen LogP contribution in [0.1, 0.15) is 38.9 Å². The molecule has 1 unspecified atom stereocenters. The van der Waals surface area contributed by atoms with Crippen molar-refractivity contribution < 1.29 is 5.11 Å². The van der Waals surface area contributed by atoms with Gasteiger partial charge in [0.25, 0.3) is 0 Å². The molecule has 0 amide bonds. The molecule has 0 aliphatic carbocycles. The standard InChI is InChI=1S/C10H18N2O/c1-8(2)12-10(6-7-11-12)5-4-9(3)13/h6-9,13H,4-5H2,1-3H3. The zero-order chi connectivity index (χ0) is 9.84. The molecule has 0 bridgehead atoms. The number of aliphatic hydroxyl groups excluding tert-OH is 1.